The molecule has 0 aromatic carbocycles. The van der Waals surface area contributed by atoms with Crippen LogP contribution in [0.2, 0.25) is 0 Å². The fraction of sp³-hybridized carbons (Fsp3) is 0.600. The molecule has 6 heteroatoms. The number of H-pyrrole nitrogens is 1. The van der Waals surface area contributed by atoms with E-state index in [4.69, 9.17) is 11.5 Å². The Balaban J connectivity index is 1.70. The molecular formula is C15H22N4O2. The van der Waals surface area contributed by atoms with E-state index in [1.54, 1.807) is 0 Å². The summed E-state index contributed by atoms with van der Waals surface area (Å²) >= 11 is 0. The van der Waals surface area contributed by atoms with Crippen molar-refractivity contribution < 1.29 is 9.59 Å². The van der Waals surface area contributed by atoms with Crippen molar-refractivity contribution in [2.45, 2.75) is 44.2 Å². The molecule has 0 saturated heterocycles. The average molecular weight is 290 g/mol. The number of rotatable bonds is 3. The highest BCUT2D eigenvalue weighted by atomic mass is 16.2. The van der Waals surface area contributed by atoms with Crippen LogP contribution in [0.5, 0.6) is 0 Å². The van der Waals surface area contributed by atoms with Gasteiger partial charge >= 0.3 is 0 Å². The zero-order chi connectivity index (χ0) is 15.0. The van der Waals surface area contributed by atoms with Crippen LogP contribution in [-0.4, -0.2) is 28.9 Å². The quantitative estimate of drug-likeness (QED) is 0.658. The maximum atomic E-state index is 12.3. The van der Waals surface area contributed by atoms with Gasteiger partial charge in [0.1, 0.15) is 5.69 Å². The molecule has 2 saturated carbocycles. The van der Waals surface area contributed by atoms with E-state index in [9.17, 15) is 9.59 Å². The summed E-state index contributed by atoms with van der Waals surface area (Å²) in [4.78, 5) is 26.2. The van der Waals surface area contributed by atoms with Gasteiger partial charge in [0, 0.05) is 18.3 Å². The molecule has 2 aliphatic rings. The van der Waals surface area contributed by atoms with Gasteiger partial charge in [-0.25, -0.2) is 0 Å². The van der Waals surface area contributed by atoms with Crippen LogP contribution in [0.15, 0.2) is 12.3 Å². The summed E-state index contributed by atoms with van der Waals surface area (Å²) in [5.74, 6) is 0.245. The lowest BCUT2D eigenvalue weighted by Crippen LogP contribution is -2.53. The van der Waals surface area contributed by atoms with Crippen molar-refractivity contribution in [2.75, 3.05) is 0 Å². The van der Waals surface area contributed by atoms with Crippen LogP contribution in [-0.2, 0) is 0 Å². The van der Waals surface area contributed by atoms with E-state index in [1.807, 2.05) is 0 Å². The first-order valence-electron chi connectivity index (χ1n) is 7.59. The Morgan fingerprint density at radius 2 is 1.90 bits per heavy atom. The van der Waals surface area contributed by atoms with E-state index >= 15 is 0 Å². The molecule has 2 aliphatic carbocycles. The second-order valence-electron chi connectivity index (χ2n) is 6.35. The predicted molar refractivity (Wildman–Crippen MR) is 78.6 cm³/mol. The van der Waals surface area contributed by atoms with Gasteiger partial charge < -0.3 is 21.8 Å². The summed E-state index contributed by atoms with van der Waals surface area (Å²) in [6, 6.07) is 1.97. The fourth-order valence-electron chi connectivity index (χ4n) is 3.92. The van der Waals surface area contributed by atoms with Crippen LogP contribution in [0.3, 0.4) is 0 Å². The van der Waals surface area contributed by atoms with Gasteiger partial charge in [0.05, 0.1) is 5.56 Å². The van der Waals surface area contributed by atoms with Gasteiger partial charge in [0.15, 0.2) is 0 Å². The number of hydrogen-bond acceptors (Lipinski definition) is 3. The minimum absolute atomic E-state index is 0.167. The molecule has 6 N–H and O–H groups in total. The maximum absolute atomic E-state index is 12.3. The number of carbonyl (C=O) groups is 2. The number of amides is 2. The topological polar surface area (TPSA) is 114 Å². The molecule has 2 amide bonds. The molecule has 2 atom stereocenters. The Labute approximate surface area is 123 Å². The van der Waals surface area contributed by atoms with E-state index in [-0.39, 0.29) is 18.0 Å². The van der Waals surface area contributed by atoms with Crippen LogP contribution in [0.1, 0.15) is 53.0 Å². The molecule has 2 fully saturated rings. The number of carbonyl (C=O) groups excluding carboxylic acids is 2. The van der Waals surface area contributed by atoms with Crippen molar-refractivity contribution in [3.8, 4) is 0 Å². The Bertz CT molecular complexity index is 540. The van der Waals surface area contributed by atoms with Crippen molar-refractivity contribution in [3.63, 3.8) is 0 Å². The summed E-state index contributed by atoms with van der Waals surface area (Å²) < 4.78 is 0. The number of hydrogen-bond donors (Lipinski definition) is 4. The van der Waals surface area contributed by atoms with Crippen LogP contribution < -0.4 is 16.8 Å². The first-order chi connectivity index (χ1) is 10.0. The van der Waals surface area contributed by atoms with Gasteiger partial charge in [-0.15, -0.1) is 0 Å². The largest absolute Gasteiger partial charge is 0.366 e. The highest BCUT2D eigenvalue weighted by molar-refractivity contribution is 5.98. The van der Waals surface area contributed by atoms with Crippen molar-refractivity contribution >= 4 is 11.8 Å². The molecule has 0 radical (unpaired) electrons. The summed E-state index contributed by atoms with van der Waals surface area (Å²) in [7, 11) is 0. The van der Waals surface area contributed by atoms with Crippen molar-refractivity contribution in [3.05, 3.63) is 23.5 Å². The molecule has 114 valence electrons. The number of aromatic nitrogens is 1. The van der Waals surface area contributed by atoms with Gasteiger partial charge in [-0.1, -0.05) is 6.42 Å². The monoisotopic (exact) mass is 290 g/mol. The SMILES string of the molecule is NC(=O)c1c[nH]c(C(=O)NC2C3CCCC2CC(N)C3)c1. The van der Waals surface area contributed by atoms with E-state index in [0.717, 1.165) is 25.7 Å². The molecule has 2 bridgehead atoms. The highest BCUT2D eigenvalue weighted by Crippen LogP contribution is 2.39. The Morgan fingerprint density at radius 1 is 1.24 bits per heavy atom. The summed E-state index contributed by atoms with van der Waals surface area (Å²) in [6.45, 7) is 0. The first-order valence-corrected chi connectivity index (χ1v) is 7.59. The van der Waals surface area contributed by atoms with Gasteiger partial charge in [-0.3, -0.25) is 9.59 Å². The Kier molecular flexibility index (Phi) is 3.71. The van der Waals surface area contributed by atoms with Crippen molar-refractivity contribution in [2.24, 2.45) is 23.3 Å². The number of nitrogens with two attached hydrogens (primary N) is 2. The lowest BCUT2D eigenvalue weighted by atomic mass is 9.67. The molecule has 1 aromatic heterocycles. The van der Waals surface area contributed by atoms with Crippen LogP contribution >= 0.6 is 0 Å². The molecule has 21 heavy (non-hydrogen) atoms. The van der Waals surface area contributed by atoms with Crippen LogP contribution in [0, 0.1) is 11.8 Å². The minimum atomic E-state index is -0.536. The smallest absolute Gasteiger partial charge is 0.267 e. The maximum Gasteiger partial charge on any atom is 0.267 e. The lowest BCUT2D eigenvalue weighted by molar-refractivity contribution is 0.0752. The minimum Gasteiger partial charge on any atom is -0.366 e. The third-order valence-corrected chi connectivity index (χ3v) is 4.89. The van der Waals surface area contributed by atoms with E-state index in [1.165, 1.54) is 18.7 Å². The molecule has 1 aromatic rings. The molecule has 3 rings (SSSR count). The number of aromatic amines is 1. The molecular weight excluding hydrogens is 268 g/mol. The first kappa shape index (κ1) is 14.1. The number of fused-ring (bicyclic) bond motifs is 2. The fourth-order valence-corrected chi connectivity index (χ4v) is 3.92. The van der Waals surface area contributed by atoms with Crippen molar-refractivity contribution in [1.82, 2.24) is 10.3 Å². The molecule has 0 aliphatic heterocycles. The standard InChI is InChI=1S/C15H22N4O2/c16-11-4-8-2-1-3-9(5-11)13(8)19-15(21)12-6-10(7-18-12)14(17)20/h6-9,11,13,18H,1-5,16H2,(H2,17,20)(H,19,21). The zero-order valence-corrected chi connectivity index (χ0v) is 12.0. The van der Waals surface area contributed by atoms with E-state index in [0.29, 0.717) is 23.1 Å². The summed E-state index contributed by atoms with van der Waals surface area (Å²) in [5.41, 5.74) is 12.0. The highest BCUT2D eigenvalue weighted by Gasteiger charge is 2.40. The van der Waals surface area contributed by atoms with Gasteiger partial charge in [0.25, 0.3) is 5.91 Å². The lowest BCUT2D eigenvalue weighted by Gasteiger charge is -2.45. The van der Waals surface area contributed by atoms with Gasteiger partial charge in [0.2, 0.25) is 5.91 Å². The molecule has 0 spiro atoms. The third-order valence-electron chi connectivity index (χ3n) is 4.89. The number of primary amides is 1. The Morgan fingerprint density at radius 3 is 2.48 bits per heavy atom. The van der Waals surface area contributed by atoms with E-state index in [2.05, 4.69) is 10.3 Å². The van der Waals surface area contributed by atoms with Crippen LogP contribution in [0.25, 0.3) is 0 Å². The van der Waals surface area contributed by atoms with Gasteiger partial charge in [-0.2, -0.15) is 0 Å². The number of nitrogens with one attached hydrogen (secondary N) is 2. The molecule has 2 unspecified atom stereocenters. The third kappa shape index (κ3) is 2.81. The normalized spacial score (nSPS) is 31.7. The van der Waals surface area contributed by atoms with Crippen molar-refractivity contribution in [1.29, 1.82) is 0 Å². The van der Waals surface area contributed by atoms with E-state index < -0.39 is 5.91 Å². The Hall–Kier alpha value is -1.82. The zero-order valence-electron chi connectivity index (χ0n) is 12.0. The predicted octanol–water partition coefficient (Wildman–Crippen LogP) is 0.749. The average Bonchev–Trinajstić information content (AvgIpc) is 2.89. The summed E-state index contributed by atoms with van der Waals surface area (Å²) in [6.07, 6.45) is 6.92. The second kappa shape index (κ2) is 5.52. The second-order valence-corrected chi connectivity index (χ2v) is 6.35. The molecule has 6 nitrogen and oxygen atoms in total. The van der Waals surface area contributed by atoms with Crippen LogP contribution in [0.4, 0.5) is 0 Å². The summed E-state index contributed by atoms with van der Waals surface area (Å²) in [5, 5.41) is 3.13. The molecule has 1 heterocycles. The van der Waals surface area contributed by atoms with Gasteiger partial charge in [-0.05, 0) is 43.6 Å².